The molecule has 208 valence electrons. The van der Waals surface area contributed by atoms with E-state index >= 15 is 0 Å². The molecule has 2 atom stereocenters. The SMILES string of the molecule is CC[C@@H](C)NC(=O)[C@H](C)N(Cc1ccccc1)C(=O)CN(c1ccc(OC)cc1)S(=O)(=O)c1ccc(C)cc1. The van der Waals surface area contributed by atoms with E-state index in [0.29, 0.717) is 11.4 Å². The van der Waals surface area contributed by atoms with Gasteiger partial charge < -0.3 is 15.0 Å². The highest BCUT2D eigenvalue weighted by Gasteiger charge is 2.32. The van der Waals surface area contributed by atoms with Gasteiger partial charge in [0.05, 0.1) is 17.7 Å². The van der Waals surface area contributed by atoms with Crippen LogP contribution in [0.4, 0.5) is 5.69 Å². The largest absolute Gasteiger partial charge is 0.497 e. The van der Waals surface area contributed by atoms with Crippen molar-refractivity contribution >= 4 is 27.5 Å². The van der Waals surface area contributed by atoms with E-state index in [1.54, 1.807) is 43.3 Å². The summed E-state index contributed by atoms with van der Waals surface area (Å²) in [5, 5.41) is 2.93. The maximum atomic E-state index is 13.9. The second-order valence-electron chi connectivity index (χ2n) is 9.52. The number of nitrogens with one attached hydrogen (secondary N) is 1. The van der Waals surface area contributed by atoms with Crippen molar-refractivity contribution in [1.29, 1.82) is 0 Å². The van der Waals surface area contributed by atoms with Crippen LogP contribution in [0.1, 0.15) is 38.3 Å². The topological polar surface area (TPSA) is 96.0 Å². The molecule has 3 rings (SSSR count). The Labute approximate surface area is 231 Å². The van der Waals surface area contributed by atoms with E-state index in [-0.39, 0.29) is 23.4 Å². The minimum absolute atomic E-state index is 0.0636. The van der Waals surface area contributed by atoms with Crippen molar-refractivity contribution in [2.75, 3.05) is 18.0 Å². The molecule has 0 aliphatic rings. The van der Waals surface area contributed by atoms with E-state index in [4.69, 9.17) is 4.74 Å². The Kier molecular flexibility index (Phi) is 10.1. The number of amides is 2. The van der Waals surface area contributed by atoms with Gasteiger partial charge in [0.1, 0.15) is 18.3 Å². The number of aryl methyl sites for hydroxylation is 1. The van der Waals surface area contributed by atoms with Crippen molar-refractivity contribution < 1.29 is 22.7 Å². The van der Waals surface area contributed by atoms with Gasteiger partial charge in [-0.1, -0.05) is 55.0 Å². The molecule has 3 aromatic carbocycles. The zero-order valence-corrected chi connectivity index (χ0v) is 23.9. The van der Waals surface area contributed by atoms with Crippen molar-refractivity contribution in [3.05, 3.63) is 90.0 Å². The number of sulfonamides is 1. The van der Waals surface area contributed by atoms with E-state index in [9.17, 15) is 18.0 Å². The van der Waals surface area contributed by atoms with Gasteiger partial charge in [0.2, 0.25) is 11.8 Å². The van der Waals surface area contributed by atoms with Gasteiger partial charge in [-0.3, -0.25) is 13.9 Å². The number of carbonyl (C=O) groups excluding carboxylic acids is 2. The summed E-state index contributed by atoms with van der Waals surface area (Å²) in [5.74, 6) is -0.248. The Bertz CT molecular complexity index is 1340. The summed E-state index contributed by atoms with van der Waals surface area (Å²) in [5.41, 5.74) is 2.05. The van der Waals surface area contributed by atoms with Crippen LogP contribution in [0.3, 0.4) is 0 Å². The molecule has 0 saturated carbocycles. The summed E-state index contributed by atoms with van der Waals surface area (Å²) in [7, 11) is -2.60. The average molecular weight is 552 g/mol. The highest BCUT2D eigenvalue weighted by atomic mass is 32.2. The number of rotatable bonds is 12. The molecule has 1 N–H and O–H groups in total. The van der Waals surface area contributed by atoms with Crippen LogP contribution in [0, 0.1) is 6.92 Å². The number of anilines is 1. The zero-order chi connectivity index (χ0) is 28.6. The molecule has 3 aromatic rings. The van der Waals surface area contributed by atoms with Crippen LogP contribution in [0.2, 0.25) is 0 Å². The van der Waals surface area contributed by atoms with E-state index in [0.717, 1.165) is 21.9 Å². The first-order chi connectivity index (χ1) is 18.6. The second kappa shape index (κ2) is 13.3. The third kappa shape index (κ3) is 7.60. The smallest absolute Gasteiger partial charge is 0.264 e. The minimum atomic E-state index is -4.12. The Morgan fingerprint density at radius 1 is 0.923 bits per heavy atom. The lowest BCUT2D eigenvalue weighted by molar-refractivity contribution is -0.139. The Morgan fingerprint density at radius 3 is 2.10 bits per heavy atom. The Hall–Kier alpha value is -3.85. The lowest BCUT2D eigenvalue weighted by Gasteiger charge is -2.32. The fourth-order valence-electron chi connectivity index (χ4n) is 3.94. The van der Waals surface area contributed by atoms with Crippen LogP contribution < -0.4 is 14.4 Å². The highest BCUT2D eigenvalue weighted by Crippen LogP contribution is 2.26. The van der Waals surface area contributed by atoms with Crippen LogP contribution in [0.5, 0.6) is 5.75 Å². The Balaban J connectivity index is 2.01. The first-order valence-corrected chi connectivity index (χ1v) is 14.4. The van der Waals surface area contributed by atoms with Crippen LogP contribution in [0.15, 0.2) is 83.8 Å². The molecule has 0 saturated heterocycles. The van der Waals surface area contributed by atoms with E-state index in [2.05, 4.69) is 5.32 Å². The highest BCUT2D eigenvalue weighted by molar-refractivity contribution is 7.92. The molecule has 0 fully saturated rings. The van der Waals surface area contributed by atoms with Crippen molar-refractivity contribution in [2.45, 2.75) is 57.6 Å². The van der Waals surface area contributed by atoms with Crippen LogP contribution in [0.25, 0.3) is 0 Å². The summed E-state index contributed by atoms with van der Waals surface area (Å²) in [6, 6.07) is 21.4. The first kappa shape index (κ1) is 29.7. The fraction of sp³-hybridized carbons (Fsp3) is 0.333. The molecule has 39 heavy (non-hydrogen) atoms. The summed E-state index contributed by atoms with van der Waals surface area (Å²) in [6.07, 6.45) is 0.741. The summed E-state index contributed by atoms with van der Waals surface area (Å²) < 4.78 is 34.0. The van der Waals surface area contributed by atoms with Crippen molar-refractivity contribution in [3.8, 4) is 5.75 Å². The van der Waals surface area contributed by atoms with Gasteiger partial charge in [0.25, 0.3) is 10.0 Å². The third-order valence-corrected chi connectivity index (χ3v) is 8.40. The van der Waals surface area contributed by atoms with E-state index < -0.39 is 28.5 Å². The number of carbonyl (C=O) groups is 2. The van der Waals surface area contributed by atoms with E-state index in [1.807, 2.05) is 51.1 Å². The molecule has 8 nitrogen and oxygen atoms in total. The molecular weight excluding hydrogens is 514 g/mol. The molecule has 0 aliphatic carbocycles. The maximum absolute atomic E-state index is 13.9. The molecular formula is C30H37N3O5S. The molecule has 0 bridgehead atoms. The average Bonchev–Trinajstić information content (AvgIpc) is 2.94. The van der Waals surface area contributed by atoms with Crippen LogP contribution >= 0.6 is 0 Å². The van der Waals surface area contributed by atoms with Gasteiger partial charge in [-0.25, -0.2) is 8.42 Å². The van der Waals surface area contributed by atoms with Crippen LogP contribution in [-0.4, -0.2) is 50.9 Å². The lowest BCUT2D eigenvalue weighted by Crippen LogP contribution is -2.52. The number of nitrogens with zero attached hydrogens (tertiary/aromatic N) is 2. The standard InChI is InChI=1S/C30H37N3O5S/c1-6-23(3)31-30(35)24(4)32(20-25-10-8-7-9-11-25)29(34)21-33(26-14-16-27(38-5)17-15-26)39(36,37)28-18-12-22(2)13-19-28/h7-19,23-24H,6,20-21H2,1-5H3,(H,31,35)/t23-,24+/m1/s1. The summed E-state index contributed by atoms with van der Waals surface area (Å²) in [6.45, 7) is 7.05. The first-order valence-electron chi connectivity index (χ1n) is 12.9. The number of hydrogen-bond donors (Lipinski definition) is 1. The predicted octanol–water partition coefficient (Wildman–Crippen LogP) is 4.53. The minimum Gasteiger partial charge on any atom is -0.497 e. The molecule has 0 unspecified atom stereocenters. The normalized spacial score (nSPS) is 12.7. The summed E-state index contributed by atoms with van der Waals surface area (Å²) >= 11 is 0. The number of ether oxygens (including phenoxy) is 1. The number of hydrogen-bond acceptors (Lipinski definition) is 5. The second-order valence-corrected chi connectivity index (χ2v) is 11.4. The number of benzene rings is 3. The molecule has 0 heterocycles. The maximum Gasteiger partial charge on any atom is 0.264 e. The van der Waals surface area contributed by atoms with Crippen LogP contribution in [-0.2, 0) is 26.2 Å². The Morgan fingerprint density at radius 2 is 1.54 bits per heavy atom. The molecule has 0 spiro atoms. The van der Waals surface area contributed by atoms with Gasteiger partial charge in [-0.15, -0.1) is 0 Å². The summed E-state index contributed by atoms with van der Waals surface area (Å²) in [4.78, 5) is 28.5. The quantitative estimate of drug-likeness (QED) is 0.357. The molecule has 2 amide bonds. The van der Waals surface area contributed by atoms with Gasteiger partial charge in [0, 0.05) is 12.6 Å². The lowest BCUT2D eigenvalue weighted by atomic mass is 10.1. The van der Waals surface area contributed by atoms with Crippen molar-refractivity contribution in [1.82, 2.24) is 10.2 Å². The predicted molar refractivity (Wildman–Crippen MR) is 153 cm³/mol. The van der Waals surface area contributed by atoms with Crippen molar-refractivity contribution in [3.63, 3.8) is 0 Å². The van der Waals surface area contributed by atoms with Gasteiger partial charge in [0.15, 0.2) is 0 Å². The third-order valence-electron chi connectivity index (χ3n) is 6.61. The van der Waals surface area contributed by atoms with Gasteiger partial charge >= 0.3 is 0 Å². The fourth-order valence-corrected chi connectivity index (χ4v) is 5.36. The number of methoxy groups -OCH3 is 1. The molecule has 0 aliphatic heterocycles. The van der Waals surface area contributed by atoms with Gasteiger partial charge in [-0.05, 0) is 69.2 Å². The monoisotopic (exact) mass is 551 g/mol. The molecule has 9 heteroatoms. The van der Waals surface area contributed by atoms with E-state index in [1.165, 1.54) is 24.1 Å². The molecule has 0 aromatic heterocycles. The van der Waals surface area contributed by atoms with Crippen molar-refractivity contribution in [2.24, 2.45) is 0 Å². The zero-order valence-electron chi connectivity index (χ0n) is 23.1. The van der Waals surface area contributed by atoms with Gasteiger partial charge in [-0.2, -0.15) is 0 Å². The molecule has 0 radical (unpaired) electrons.